The summed E-state index contributed by atoms with van der Waals surface area (Å²) in [5, 5.41) is 1.59. The second kappa shape index (κ2) is 8.27. The summed E-state index contributed by atoms with van der Waals surface area (Å²) in [4.78, 5) is 16.6. The Bertz CT molecular complexity index is 1020. The first-order chi connectivity index (χ1) is 13.9. The van der Waals surface area contributed by atoms with Crippen LogP contribution < -0.4 is 26.1 Å². The van der Waals surface area contributed by atoms with Gasteiger partial charge in [-0.3, -0.25) is 15.2 Å². The van der Waals surface area contributed by atoms with Crippen LogP contribution in [-0.2, 0) is 0 Å². The molecular formula is C18H18F3N5O3. The van der Waals surface area contributed by atoms with Gasteiger partial charge in [0.15, 0.2) is 0 Å². The number of benzene rings is 2. The van der Waals surface area contributed by atoms with E-state index in [1.165, 1.54) is 26.4 Å². The van der Waals surface area contributed by atoms with Crippen molar-refractivity contribution >= 4 is 22.6 Å². The van der Waals surface area contributed by atoms with Crippen LogP contribution in [0.25, 0.3) is 16.7 Å². The van der Waals surface area contributed by atoms with Crippen LogP contribution in [-0.4, -0.2) is 42.4 Å². The summed E-state index contributed by atoms with van der Waals surface area (Å²) in [6, 6.07) is 8.26. The number of fused-ring (bicyclic) bond motifs is 1. The van der Waals surface area contributed by atoms with Crippen molar-refractivity contribution in [3.8, 4) is 17.2 Å². The van der Waals surface area contributed by atoms with Gasteiger partial charge in [0.1, 0.15) is 23.4 Å². The molecule has 1 aromatic heterocycles. The first kappa shape index (κ1) is 20.3. The summed E-state index contributed by atoms with van der Waals surface area (Å²) in [5.41, 5.74) is 4.90. The lowest BCUT2D eigenvalue weighted by Crippen LogP contribution is -2.36. The third-order valence-electron chi connectivity index (χ3n) is 4.20. The monoisotopic (exact) mass is 409 g/mol. The number of nitrogens with two attached hydrogens (primary N) is 1. The number of hydrogen-bond acceptors (Lipinski definition) is 6. The van der Waals surface area contributed by atoms with Crippen molar-refractivity contribution in [1.29, 1.82) is 0 Å². The number of nitrogens with zero attached hydrogens (tertiary/aromatic N) is 2. The van der Waals surface area contributed by atoms with Gasteiger partial charge >= 0.3 is 0 Å². The van der Waals surface area contributed by atoms with Crippen LogP contribution in [0.15, 0.2) is 36.7 Å². The molecule has 0 saturated heterocycles. The highest BCUT2D eigenvalue weighted by Crippen LogP contribution is 2.33. The van der Waals surface area contributed by atoms with Crippen molar-refractivity contribution in [2.45, 2.75) is 12.7 Å². The molecule has 0 aliphatic rings. The third kappa shape index (κ3) is 3.90. The zero-order chi connectivity index (χ0) is 21.1. The second-order valence-corrected chi connectivity index (χ2v) is 5.90. The molecule has 0 aliphatic carbocycles. The van der Waals surface area contributed by atoms with Gasteiger partial charge < -0.3 is 20.2 Å². The van der Waals surface area contributed by atoms with Gasteiger partial charge in [0.2, 0.25) is 6.30 Å². The number of alkyl halides is 3. The number of hydrogen-bond donors (Lipinski definition) is 3. The molecule has 8 nitrogen and oxygen atoms in total. The average Bonchev–Trinajstić information content (AvgIpc) is 3.15. The van der Waals surface area contributed by atoms with Crippen molar-refractivity contribution in [3.05, 3.63) is 42.2 Å². The number of anilines is 1. The maximum Gasteiger partial charge on any atom is 0.287 e. The molecule has 1 atom stereocenters. The maximum atomic E-state index is 13.3. The molecule has 3 rings (SSSR count). The topological polar surface area (TPSA) is 103 Å². The van der Waals surface area contributed by atoms with Crippen molar-refractivity contribution in [1.82, 2.24) is 14.9 Å². The molecule has 3 aromatic rings. The van der Waals surface area contributed by atoms with E-state index >= 15 is 0 Å². The highest BCUT2D eigenvalue weighted by atomic mass is 19.3. The van der Waals surface area contributed by atoms with E-state index in [9.17, 15) is 18.0 Å². The van der Waals surface area contributed by atoms with E-state index in [1.54, 1.807) is 34.4 Å². The van der Waals surface area contributed by atoms with Gasteiger partial charge in [-0.05, 0) is 18.2 Å². The van der Waals surface area contributed by atoms with Gasteiger partial charge in [-0.1, -0.05) is 0 Å². The summed E-state index contributed by atoms with van der Waals surface area (Å²) in [6.45, 7) is 0. The number of nitrogens with one attached hydrogen (secondary N) is 2. The van der Waals surface area contributed by atoms with Crippen LogP contribution in [0.4, 0.5) is 18.9 Å². The predicted octanol–water partition coefficient (Wildman–Crippen LogP) is 2.62. The fourth-order valence-electron chi connectivity index (χ4n) is 2.83. The van der Waals surface area contributed by atoms with Crippen LogP contribution in [0.2, 0.25) is 0 Å². The van der Waals surface area contributed by atoms with Gasteiger partial charge in [-0.15, -0.1) is 0 Å². The number of imidazole rings is 1. The Hall–Kier alpha value is -3.47. The average molecular weight is 409 g/mol. The summed E-state index contributed by atoms with van der Waals surface area (Å²) >= 11 is 0. The van der Waals surface area contributed by atoms with Crippen LogP contribution >= 0.6 is 0 Å². The summed E-state index contributed by atoms with van der Waals surface area (Å²) in [7, 11) is 2.58. The lowest BCUT2D eigenvalue weighted by atomic mass is 10.1. The molecule has 11 heteroatoms. The molecule has 29 heavy (non-hydrogen) atoms. The van der Waals surface area contributed by atoms with Crippen LogP contribution in [0.3, 0.4) is 0 Å². The SMILES string of the molecule is COc1cc(-n2cnc3cc(NN)ccc32)cc(OC)c1C(=O)NC(F)C(F)F. The molecule has 0 radical (unpaired) electrons. The lowest BCUT2D eigenvalue weighted by Gasteiger charge is -2.17. The molecule has 0 saturated carbocycles. The lowest BCUT2D eigenvalue weighted by molar-refractivity contribution is 0.0285. The molecule has 0 spiro atoms. The van der Waals surface area contributed by atoms with Crippen molar-refractivity contribution in [3.63, 3.8) is 0 Å². The second-order valence-electron chi connectivity index (χ2n) is 5.90. The molecule has 4 N–H and O–H groups in total. The van der Waals surface area contributed by atoms with E-state index in [4.69, 9.17) is 15.3 Å². The summed E-state index contributed by atoms with van der Waals surface area (Å²) in [6.07, 6.45) is -4.63. The molecule has 1 heterocycles. The van der Waals surface area contributed by atoms with E-state index in [2.05, 4.69) is 10.4 Å². The van der Waals surface area contributed by atoms with E-state index in [1.807, 2.05) is 0 Å². The Morgan fingerprint density at radius 2 is 1.79 bits per heavy atom. The molecule has 0 bridgehead atoms. The third-order valence-corrected chi connectivity index (χ3v) is 4.20. The predicted molar refractivity (Wildman–Crippen MR) is 100 cm³/mol. The van der Waals surface area contributed by atoms with E-state index in [-0.39, 0.29) is 17.1 Å². The minimum Gasteiger partial charge on any atom is -0.496 e. The van der Waals surface area contributed by atoms with Crippen molar-refractivity contribution in [2.24, 2.45) is 5.84 Å². The highest BCUT2D eigenvalue weighted by molar-refractivity contribution is 6.00. The Labute approximate surface area is 163 Å². The zero-order valence-corrected chi connectivity index (χ0v) is 15.4. The number of hydrazine groups is 1. The van der Waals surface area contributed by atoms with Crippen LogP contribution in [0, 0.1) is 0 Å². The highest BCUT2D eigenvalue weighted by Gasteiger charge is 2.27. The standard InChI is InChI=1S/C18H18F3N5O3/c1-28-13-6-10(26-8-23-11-5-9(25-22)3-4-12(11)26)7-14(29-2)15(13)18(27)24-17(21)16(19)20/h3-8,16-17,25H,22H2,1-2H3,(H,24,27). The largest absolute Gasteiger partial charge is 0.496 e. The molecular weight excluding hydrogens is 391 g/mol. The van der Waals surface area contributed by atoms with E-state index in [0.717, 1.165) is 5.52 Å². The first-order valence-electron chi connectivity index (χ1n) is 8.32. The zero-order valence-electron chi connectivity index (χ0n) is 15.4. The van der Waals surface area contributed by atoms with Crippen molar-refractivity contribution in [2.75, 3.05) is 19.6 Å². The van der Waals surface area contributed by atoms with Gasteiger partial charge in [0, 0.05) is 12.1 Å². The number of amides is 1. The van der Waals surface area contributed by atoms with Gasteiger partial charge in [-0.25, -0.2) is 18.2 Å². The number of methoxy groups -OCH3 is 2. The minimum atomic E-state index is -3.36. The normalized spacial score (nSPS) is 12.1. The Morgan fingerprint density at radius 3 is 2.34 bits per heavy atom. The minimum absolute atomic E-state index is 0.0143. The summed E-state index contributed by atoms with van der Waals surface area (Å²) in [5.74, 6) is 4.34. The van der Waals surface area contributed by atoms with Gasteiger partial charge in [0.25, 0.3) is 12.3 Å². The maximum absolute atomic E-state index is 13.3. The number of ether oxygens (including phenoxy) is 2. The number of halogens is 3. The van der Waals surface area contributed by atoms with Gasteiger partial charge in [0.05, 0.1) is 36.6 Å². The van der Waals surface area contributed by atoms with Crippen molar-refractivity contribution < 1.29 is 27.4 Å². The smallest absolute Gasteiger partial charge is 0.287 e. The van der Waals surface area contributed by atoms with Crippen LogP contribution in [0.5, 0.6) is 11.5 Å². The number of carbonyl (C=O) groups is 1. The number of carbonyl (C=O) groups excluding carboxylic acids is 1. The van der Waals surface area contributed by atoms with E-state index < -0.39 is 18.6 Å². The molecule has 1 amide bonds. The first-order valence-corrected chi connectivity index (χ1v) is 8.32. The molecule has 154 valence electrons. The van der Waals surface area contributed by atoms with Crippen LogP contribution in [0.1, 0.15) is 10.4 Å². The Morgan fingerprint density at radius 1 is 1.14 bits per heavy atom. The number of nitrogen functional groups attached to an aromatic ring is 1. The summed E-state index contributed by atoms with van der Waals surface area (Å²) < 4.78 is 50.3. The Balaban J connectivity index is 2.08. The number of rotatable bonds is 7. The molecule has 1 unspecified atom stereocenters. The fourth-order valence-corrected chi connectivity index (χ4v) is 2.83. The molecule has 0 fully saturated rings. The van der Waals surface area contributed by atoms with E-state index in [0.29, 0.717) is 16.9 Å². The van der Waals surface area contributed by atoms with Gasteiger partial charge in [-0.2, -0.15) is 0 Å². The molecule has 2 aromatic carbocycles. The molecule has 0 aliphatic heterocycles. The number of aromatic nitrogens is 2. The fraction of sp³-hybridized carbons (Fsp3) is 0.222. The quantitative estimate of drug-likeness (QED) is 0.315. The Kier molecular flexibility index (Phi) is 5.78.